The average Bonchev–Trinajstić information content (AvgIpc) is 3.17. The van der Waals surface area contributed by atoms with Crippen molar-refractivity contribution in [2.24, 2.45) is 4.99 Å². The van der Waals surface area contributed by atoms with Crippen molar-refractivity contribution in [3.05, 3.63) is 29.8 Å². The summed E-state index contributed by atoms with van der Waals surface area (Å²) in [5, 5.41) is 2.37. The number of amides is 1. The van der Waals surface area contributed by atoms with Gasteiger partial charge in [-0.3, -0.25) is 9.69 Å². The SMILES string of the molecule is Br.CN(C(=O)Cc1ccc(N=C=S)cc1)[C@@H]1CCCC[C@H]1N1CCCC1. The highest BCUT2D eigenvalue weighted by Gasteiger charge is 2.35. The van der Waals surface area contributed by atoms with Gasteiger partial charge in [-0.1, -0.05) is 25.0 Å². The maximum atomic E-state index is 12.8. The second-order valence-electron chi connectivity index (χ2n) is 7.21. The van der Waals surface area contributed by atoms with Crippen LogP contribution in [0.25, 0.3) is 0 Å². The quantitative estimate of drug-likeness (QED) is 0.505. The molecule has 4 nitrogen and oxygen atoms in total. The van der Waals surface area contributed by atoms with Crippen LogP contribution in [-0.4, -0.2) is 53.1 Å². The molecule has 1 aromatic rings. The Hall–Kier alpha value is -1.07. The number of carbonyl (C=O) groups excluding carboxylic acids is 1. The van der Waals surface area contributed by atoms with Gasteiger partial charge in [-0.05, 0) is 68.7 Å². The molecule has 2 fully saturated rings. The van der Waals surface area contributed by atoms with Gasteiger partial charge in [-0.25, -0.2) is 0 Å². The highest BCUT2D eigenvalue weighted by molar-refractivity contribution is 8.93. The molecule has 0 N–H and O–H groups in total. The summed E-state index contributed by atoms with van der Waals surface area (Å²) >= 11 is 4.62. The number of nitrogens with zero attached hydrogens (tertiary/aromatic N) is 3. The Kier molecular flexibility index (Phi) is 8.42. The molecule has 1 heterocycles. The number of likely N-dealkylation sites (N-methyl/N-ethyl adjacent to an activating group) is 1. The molecule has 1 aliphatic carbocycles. The molecule has 26 heavy (non-hydrogen) atoms. The van der Waals surface area contributed by atoms with Gasteiger partial charge in [-0.15, -0.1) is 17.0 Å². The molecule has 1 saturated carbocycles. The minimum absolute atomic E-state index is 0. The van der Waals surface area contributed by atoms with E-state index in [1.54, 1.807) is 0 Å². The Bertz CT molecular complexity index is 639. The van der Waals surface area contributed by atoms with Crippen molar-refractivity contribution < 1.29 is 4.79 Å². The normalized spacial score (nSPS) is 23.0. The third kappa shape index (κ3) is 5.23. The zero-order chi connectivity index (χ0) is 17.6. The minimum Gasteiger partial charge on any atom is -0.341 e. The first-order valence-electron chi connectivity index (χ1n) is 9.35. The Labute approximate surface area is 172 Å². The maximum Gasteiger partial charge on any atom is 0.227 e. The molecular weight excluding hydrogens is 410 g/mol. The molecule has 1 amide bonds. The molecule has 1 aliphatic heterocycles. The lowest BCUT2D eigenvalue weighted by Crippen LogP contribution is -2.53. The predicted molar refractivity (Wildman–Crippen MR) is 115 cm³/mol. The largest absolute Gasteiger partial charge is 0.341 e. The van der Waals surface area contributed by atoms with Crippen LogP contribution in [0.4, 0.5) is 5.69 Å². The molecule has 1 saturated heterocycles. The highest BCUT2D eigenvalue weighted by atomic mass is 79.9. The topological polar surface area (TPSA) is 35.9 Å². The highest BCUT2D eigenvalue weighted by Crippen LogP contribution is 2.29. The Morgan fingerprint density at radius 3 is 2.50 bits per heavy atom. The maximum absolute atomic E-state index is 12.8. The fraction of sp³-hybridized carbons (Fsp3) is 0.600. The summed E-state index contributed by atoms with van der Waals surface area (Å²) in [6, 6.07) is 8.58. The van der Waals surface area contributed by atoms with Crippen molar-refractivity contribution in [1.29, 1.82) is 0 Å². The van der Waals surface area contributed by atoms with E-state index in [1.165, 1.54) is 45.2 Å². The number of halogens is 1. The van der Waals surface area contributed by atoms with E-state index in [0.29, 0.717) is 18.5 Å². The second-order valence-corrected chi connectivity index (χ2v) is 7.40. The third-order valence-corrected chi connectivity index (χ3v) is 5.75. The molecule has 0 radical (unpaired) electrons. The molecule has 0 bridgehead atoms. The molecule has 2 atom stereocenters. The molecule has 142 valence electrons. The summed E-state index contributed by atoms with van der Waals surface area (Å²) in [5.41, 5.74) is 1.80. The van der Waals surface area contributed by atoms with E-state index in [2.05, 4.69) is 27.3 Å². The van der Waals surface area contributed by atoms with E-state index in [4.69, 9.17) is 0 Å². The lowest BCUT2D eigenvalue weighted by molar-refractivity contribution is -0.133. The number of hydrogen-bond acceptors (Lipinski definition) is 4. The first-order chi connectivity index (χ1) is 12.2. The van der Waals surface area contributed by atoms with Crippen molar-refractivity contribution >= 4 is 46.0 Å². The fourth-order valence-corrected chi connectivity index (χ4v) is 4.37. The summed E-state index contributed by atoms with van der Waals surface area (Å²) in [5.74, 6) is 0.210. The van der Waals surface area contributed by atoms with Gasteiger partial charge in [0.05, 0.1) is 17.3 Å². The number of hydrogen-bond donors (Lipinski definition) is 0. The number of benzene rings is 1. The van der Waals surface area contributed by atoms with Crippen LogP contribution in [0.5, 0.6) is 0 Å². The summed E-state index contributed by atoms with van der Waals surface area (Å²) in [4.78, 5) is 21.4. The van der Waals surface area contributed by atoms with Gasteiger partial charge in [0.25, 0.3) is 0 Å². The molecule has 0 spiro atoms. The summed E-state index contributed by atoms with van der Waals surface area (Å²) in [6.45, 7) is 2.40. The van der Waals surface area contributed by atoms with Crippen LogP contribution in [0.3, 0.4) is 0 Å². The summed E-state index contributed by atoms with van der Waals surface area (Å²) in [6.07, 6.45) is 7.94. The zero-order valence-corrected chi connectivity index (χ0v) is 17.9. The van der Waals surface area contributed by atoms with Gasteiger partial charge in [0.2, 0.25) is 5.91 Å². The van der Waals surface area contributed by atoms with Crippen molar-refractivity contribution in [1.82, 2.24) is 9.80 Å². The van der Waals surface area contributed by atoms with E-state index in [1.807, 2.05) is 36.2 Å². The first kappa shape index (κ1) is 21.2. The van der Waals surface area contributed by atoms with Gasteiger partial charge >= 0.3 is 0 Å². The van der Waals surface area contributed by atoms with E-state index in [-0.39, 0.29) is 22.9 Å². The monoisotopic (exact) mass is 437 g/mol. The van der Waals surface area contributed by atoms with Crippen LogP contribution in [0.15, 0.2) is 29.3 Å². The fourth-order valence-electron chi connectivity index (χ4n) is 4.27. The van der Waals surface area contributed by atoms with Gasteiger partial charge in [-0.2, -0.15) is 4.99 Å². The second kappa shape index (κ2) is 10.3. The van der Waals surface area contributed by atoms with Crippen molar-refractivity contribution in [3.63, 3.8) is 0 Å². The number of likely N-dealkylation sites (tertiary alicyclic amines) is 1. The Morgan fingerprint density at radius 2 is 1.85 bits per heavy atom. The molecule has 0 aromatic heterocycles. The van der Waals surface area contributed by atoms with Crippen LogP contribution in [0, 0.1) is 0 Å². The van der Waals surface area contributed by atoms with Gasteiger partial charge in [0.15, 0.2) is 0 Å². The van der Waals surface area contributed by atoms with Gasteiger partial charge < -0.3 is 4.90 Å². The molecule has 6 heteroatoms. The molecule has 2 aliphatic rings. The number of rotatable bonds is 5. The van der Waals surface area contributed by atoms with Gasteiger partial charge in [0.1, 0.15) is 0 Å². The van der Waals surface area contributed by atoms with Crippen molar-refractivity contribution in [3.8, 4) is 0 Å². The zero-order valence-electron chi connectivity index (χ0n) is 15.4. The number of carbonyl (C=O) groups is 1. The lowest BCUT2D eigenvalue weighted by atomic mass is 9.88. The molecular formula is C20H28BrN3OS. The molecule has 1 aromatic carbocycles. The number of isothiocyanates is 1. The standard InChI is InChI=1S/C20H27N3OS.BrH/c1-22(18-6-2-3-7-19(18)23-12-4-5-13-23)20(24)14-16-8-10-17(11-9-16)21-15-25;/h8-11,18-19H,2-7,12-14H2,1H3;1H/t18-,19-;/m1./s1. The van der Waals surface area contributed by atoms with Crippen LogP contribution in [0.2, 0.25) is 0 Å². The van der Waals surface area contributed by atoms with E-state index in [9.17, 15) is 4.79 Å². The smallest absolute Gasteiger partial charge is 0.227 e. The molecule has 3 rings (SSSR count). The van der Waals surface area contributed by atoms with Crippen molar-refractivity contribution in [2.45, 2.75) is 57.0 Å². The number of thiocarbonyl (C=S) groups is 1. The average molecular weight is 438 g/mol. The first-order valence-corrected chi connectivity index (χ1v) is 9.76. The Morgan fingerprint density at radius 1 is 1.19 bits per heavy atom. The summed E-state index contributed by atoms with van der Waals surface area (Å²) in [7, 11) is 1.99. The van der Waals surface area contributed by atoms with Crippen molar-refractivity contribution in [2.75, 3.05) is 20.1 Å². The summed E-state index contributed by atoms with van der Waals surface area (Å²) < 4.78 is 0. The van der Waals surface area contributed by atoms with Crippen LogP contribution >= 0.6 is 29.2 Å². The van der Waals surface area contributed by atoms with Gasteiger partial charge in [0, 0.05) is 19.1 Å². The van der Waals surface area contributed by atoms with E-state index >= 15 is 0 Å². The van der Waals surface area contributed by atoms with Crippen LogP contribution in [-0.2, 0) is 11.2 Å². The molecule has 0 unspecified atom stereocenters. The Balaban J connectivity index is 0.00000243. The van der Waals surface area contributed by atoms with Crippen LogP contribution in [0.1, 0.15) is 44.1 Å². The van der Waals surface area contributed by atoms with E-state index in [0.717, 1.165) is 17.7 Å². The number of aliphatic imine (C=N–C) groups is 1. The minimum atomic E-state index is 0. The van der Waals surface area contributed by atoms with E-state index < -0.39 is 0 Å². The third-order valence-electron chi connectivity index (χ3n) is 5.66. The van der Waals surface area contributed by atoms with Crippen LogP contribution < -0.4 is 0 Å². The predicted octanol–water partition coefficient (Wildman–Crippen LogP) is 4.41. The lowest BCUT2D eigenvalue weighted by Gasteiger charge is -2.42.